The van der Waals surface area contributed by atoms with Crippen LogP contribution in [0.3, 0.4) is 0 Å². The first-order valence-electron chi connectivity index (χ1n) is 6.34. The summed E-state index contributed by atoms with van der Waals surface area (Å²) in [7, 11) is 0. The van der Waals surface area contributed by atoms with E-state index in [4.69, 9.17) is 0 Å². The zero-order chi connectivity index (χ0) is 13.1. The maximum absolute atomic E-state index is 11.8. The highest BCUT2D eigenvalue weighted by atomic mass is 19.4. The van der Waals surface area contributed by atoms with Gasteiger partial charge in [0.05, 0.1) is 0 Å². The second kappa shape index (κ2) is 9.71. The summed E-state index contributed by atoms with van der Waals surface area (Å²) in [6.45, 7) is 5.13. The molecule has 0 saturated heterocycles. The van der Waals surface area contributed by atoms with Crippen LogP contribution in [0, 0.1) is 5.92 Å². The average molecular weight is 255 g/mol. The van der Waals surface area contributed by atoms with Gasteiger partial charge in [-0.2, -0.15) is 13.2 Å². The van der Waals surface area contributed by atoms with Crippen LogP contribution in [-0.4, -0.2) is 32.5 Å². The van der Waals surface area contributed by atoms with Crippen LogP contribution in [0.25, 0.3) is 0 Å². The second-order valence-electron chi connectivity index (χ2n) is 4.27. The molecule has 1 atom stereocenters. The van der Waals surface area contributed by atoms with E-state index in [1.165, 1.54) is 0 Å². The van der Waals surface area contributed by atoms with Crippen LogP contribution in [0.4, 0.5) is 13.2 Å². The van der Waals surface area contributed by atoms with E-state index in [0.717, 1.165) is 32.4 Å². The van der Waals surface area contributed by atoms with Crippen molar-refractivity contribution in [2.75, 3.05) is 26.3 Å². The summed E-state index contributed by atoms with van der Waals surface area (Å²) < 4.78 is 40.0. The van der Waals surface area contributed by atoms with E-state index in [-0.39, 0.29) is 6.61 Å². The standard InChI is InChI=1S/C12H24F3NO/c1-3-6-11(9-16-4-2)7-5-8-17-10-12(13,14)15/h11,16H,3-10H2,1-2H3. The minimum atomic E-state index is -4.20. The predicted octanol–water partition coefficient (Wildman–Crippen LogP) is 3.37. The molecule has 0 heterocycles. The zero-order valence-corrected chi connectivity index (χ0v) is 10.8. The summed E-state index contributed by atoms with van der Waals surface area (Å²) in [6, 6.07) is 0. The Hall–Kier alpha value is -0.290. The first-order valence-corrected chi connectivity index (χ1v) is 6.34. The number of halogens is 3. The molecule has 0 saturated carbocycles. The number of alkyl halides is 3. The van der Waals surface area contributed by atoms with Crippen LogP contribution in [0.15, 0.2) is 0 Å². The van der Waals surface area contributed by atoms with Crippen LogP contribution in [-0.2, 0) is 4.74 Å². The molecule has 1 unspecified atom stereocenters. The molecule has 17 heavy (non-hydrogen) atoms. The molecule has 0 bridgehead atoms. The van der Waals surface area contributed by atoms with Crippen LogP contribution < -0.4 is 5.32 Å². The summed E-state index contributed by atoms with van der Waals surface area (Å²) in [5, 5.41) is 3.28. The highest BCUT2D eigenvalue weighted by Gasteiger charge is 2.27. The van der Waals surface area contributed by atoms with Crippen LogP contribution in [0.1, 0.15) is 39.5 Å². The zero-order valence-electron chi connectivity index (χ0n) is 10.8. The molecule has 0 aliphatic rings. The Morgan fingerprint density at radius 3 is 2.41 bits per heavy atom. The third kappa shape index (κ3) is 12.0. The van der Waals surface area contributed by atoms with Crippen LogP contribution >= 0.6 is 0 Å². The van der Waals surface area contributed by atoms with Crippen LogP contribution in [0.5, 0.6) is 0 Å². The van der Waals surface area contributed by atoms with Crippen molar-refractivity contribution in [3.8, 4) is 0 Å². The van der Waals surface area contributed by atoms with E-state index >= 15 is 0 Å². The average Bonchev–Trinajstić information content (AvgIpc) is 2.23. The number of hydrogen-bond acceptors (Lipinski definition) is 2. The van der Waals surface area contributed by atoms with Gasteiger partial charge in [-0.3, -0.25) is 0 Å². The molecule has 0 radical (unpaired) electrons. The lowest BCUT2D eigenvalue weighted by Crippen LogP contribution is -2.23. The summed E-state index contributed by atoms with van der Waals surface area (Å²) in [4.78, 5) is 0. The maximum atomic E-state index is 11.8. The number of ether oxygens (including phenoxy) is 1. The molecule has 0 fully saturated rings. The van der Waals surface area contributed by atoms with Crippen molar-refractivity contribution in [3.05, 3.63) is 0 Å². The van der Waals surface area contributed by atoms with Gasteiger partial charge in [0.25, 0.3) is 0 Å². The van der Waals surface area contributed by atoms with Crippen LogP contribution in [0.2, 0.25) is 0 Å². The van der Waals surface area contributed by atoms with Gasteiger partial charge in [0.2, 0.25) is 0 Å². The summed E-state index contributed by atoms with van der Waals surface area (Å²) in [5.41, 5.74) is 0. The Kier molecular flexibility index (Phi) is 9.55. The molecule has 0 aromatic rings. The fourth-order valence-corrected chi connectivity index (χ4v) is 1.77. The molecule has 104 valence electrons. The van der Waals surface area contributed by atoms with Crippen molar-refractivity contribution < 1.29 is 17.9 Å². The molecule has 2 nitrogen and oxygen atoms in total. The fraction of sp³-hybridized carbons (Fsp3) is 1.00. The highest BCUT2D eigenvalue weighted by Crippen LogP contribution is 2.16. The lowest BCUT2D eigenvalue weighted by Gasteiger charge is -2.16. The van der Waals surface area contributed by atoms with Gasteiger partial charge in [-0.05, 0) is 38.3 Å². The summed E-state index contributed by atoms with van der Waals surface area (Å²) in [5.74, 6) is 0.550. The molecule has 0 aromatic heterocycles. The predicted molar refractivity (Wildman–Crippen MR) is 63.0 cm³/mol. The minimum absolute atomic E-state index is 0.200. The van der Waals surface area contributed by atoms with Gasteiger partial charge in [-0.1, -0.05) is 20.3 Å². The van der Waals surface area contributed by atoms with Gasteiger partial charge < -0.3 is 10.1 Å². The van der Waals surface area contributed by atoms with E-state index in [1.54, 1.807) is 0 Å². The molecule has 0 rings (SSSR count). The first kappa shape index (κ1) is 16.7. The largest absolute Gasteiger partial charge is 0.411 e. The molecule has 0 aliphatic carbocycles. The molecular formula is C12H24F3NO. The molecular weight excluding hydrogens is 231 g/mol. The molecule has 0 spiro atoms. The fourth-order valence-electron chi connectivity index (χ4n) is 1.77. The number of rotatable bonds is 10. The topological polar surface area (TPSA) is 21.3 Å². The molecule has 0 amide bonds. The van der Waals surface area contributed by atoms with E-state index in [9.17, 15) is 13.2 Å². The Labute approximate surface area is 102 Å². The lowest BCUT2D eigenvalue weighted by molar-refractivity contribution is -0.174. The van der Waals surface area contributed by atoms with E-state index in [2.05, 4.69) is 23.9 Å². The normalized spacial score (nSPS) is 13.9. The first-order chi connectivity index (χ1) is 7.99. The van der Waals surface area contributed by atoms with Gasteiger partial charge in [-0.15, -0.1) is 0 Å². The molecule has 0 aliphatic heterocycles. The van der Waals surface area contributed by atoms with Gasteiger partial charge in [0.1, 0.15) is 6.61 Å². The quantitative estimate of drug-likeness (QED) is 0.604. The SMILES string of the molecule is CCCC(CCCOCC(F)(F)F)CNCC. The smallest absolute Gasteiger partial charge is 0.372 e. The Morgan fingerprint density at radius 2 is 1.88 bits per heavy atom. The monoisotopic (exact) mass is 255 g/mol. The van der Waals surface area contributed by atoms with Crippen molar-refractivity contribution in [3.63, 3.8) is 0 Å². The van der Waals surface area contributed by atoms with Crippen molar-refractivity contribution >= 4 is 0 Å². The molecule has 5 heteroatoms. The summed E-state index contributed by atoms with van der Waals surface area (Å²) >= 11 is 0. The lowest BCUT2D eigenvalue weighted by atomic mass is 9.98. The van der Waals surface area contributed by atoms with Crippen molar-refractivity contribution in [1.29, 1.82) is 0 Å². The van der Waals surface area contributed by atoms with Gasteiger partial charge in [0, 0.05) is 6.61 Å². The van der Waals surface area contributed by atoms with Gasteiger partial charge in [-0.25, -0.2) is 0 Å². The minimum Gasteiger partial charge on any atom is -0.372 e. The summed E-state index contributed by atoms with van der Waals surface area (Å²) in [6.07, 6.45) is -0.344. The van der Waals surface area contributed by atoms with Crippen molar-refractivity contribution in [2.24, 2.45) is 5.92 Å². The number of hydrogen-bond donors (Lipinski definition) is 1. The van der Waals surface area contributed by atoms with Gasteiger partial charge >= 0.3 is 6.18 Å². The maximum Gasteiger partial charge on any atom is 0.411 e. The Morgan fingerprint density at radius 1 is 1.18 bits per heavy atom. The highest BCUT2D eigenvalue weighted by molar-refractivity contribution is 4.62. The Balaban J connectivity index is 3.53. The second-order valence-corrected chi connectivity index (χ2v) is 4.27. The van der Waals surface area contributed by atoms with E-state index < -0.39 is 12.8 Å². The van der Waals surface area contributed by atoms with Crippen molar-refractivity contribution in [2.45, 2.75) is 45.7 Å². The van der Waals surface area contributed by atoms with E-state index in [1.807, 2.05) is 0 Å². The molecule has 0 aromatic carbocycles. The van der Waals surface area contributed by atoms with Gasteiger partial charge in [0.15, 0.2) is 0 Å². The van der Waals surface area contributed by atoms with E-state index in [0.29, 0.717) is 12.3 Å². The third-order valence-corrected chi connectivity index (χ3v) is 2.55. The third-order valence-electron chi connectivity index (χ3n) is 2.55. The van der Waals surface area contributed by atoms with Crippen molar-refractivity contribution in [1.82, 2.24) is 5.32 Å². The molecule has 1 N–H and O–H groups in total. The Bertz CT molecular complexity index is 174. The number of nitrogens with one attached hydrogen (secondary N) is 1.